The molecule has 0 unspecified atom stereocenters. The topological polar surface area (TPSA) is 78.3 Å². The molecule has 0 aliphatic heterocycles. The Morgan fingerprint density at radius 1 is 1.29 bits per heavy atom. The average molecular weight is 449 g/mol. The van der Waals surface area contributed by atoms with Gasteiger partial charge >= 0.3 is 6.01 Å². The third-order valence-corrected chi connectivity index (χ3v) is 5.31. The Kier molecular flexibility index (Phi) is 5.88. The standard InChI is InChI=1S/C21H19ClF2N4O3/c1-30-9-10-31-20-26-18(13-5-7-14(23)8-6-13)28(27-20)16-4-2-3-15(11-16)25-19(29)21(22)12-17(21)24/h2-8,11,17H,9-10,12H2,1H3,(H,25,29)/t17-,21-/m1/s1. The highest BCUT2D eigenvalue weighted by atomic mass is 35.5. The molecule has 1 saturated carbocycles. The van der Waals surface area contributed by atoms with Gasteiger partial charge in [-0.25, -0.2) is 13.5 Å². The fraction of sp³-hybridized carbons (Fsp3) is 0.286. The summed E-state index contributed by atoms with van der Waals surface area (Å²) in [6, 6.07) is 12.7. The number of aromatic nitrogens is 3. The first-order chi connectivity index (χ1) is 14.9. The van der Waals surface area contributed by atoms with Gasteiger partial charge < -0.3 is 14.8 Å². The van der Waals surface area contributed by atoms with Crippen LogP contribution in [0.15, 0.2) is 48.5 Å². The molecule has 0 bridgehead atoms. The molecule has 0 saturated heterocycles. The van der Waals surface area contributed by atoms with E-state index in [9.17, 15) is 13.6 Å². The number of carbonyl (C=O) groups is 1. The van der Waals surface area contributed by atoms with E-state index in [4.69, 9.17) is 21.1 Å². The highest BCUT2D eigenvalue weighted by molar-refractivity contribution is 6.39. The maximum atomic E-state index is 13.4. The maximum absolute atomic E-state index is 13.4. The first-order valence-corrected chi connectivity index (χ1v) is 9.88. The Hall–Kier alpha value is -3.04. The summed E-state index contributed by atoms with van der Waals surface area (Å²) >= 11 is 5.96. The first kappa shape index (κ1) is 21.2. The Morgan fingerprint density at radius 3 is 2.71 bits per heavy atom. The van der Waals surface area contributed by atoms with E-state index in [0.29, 0.717) is 29.4 Å². The Morgan fingerprint density at radius 2 is 2.03 bits per heavy atom. The van der Waals surface area contributed by atoms with E-state index in [1.54, 1.807) is 43.5 Å². The Balaban J connectivity index is 1.65. The van der Waals surface area contributed by atoms with E-state index < -0.39 is 17.0 Å². The van der Waals surface area contributed by atoms with Crippen molar-refractivity contribution >= 4 is 23.2 Å². The number of halogens is 3. The van der Waals surface area contributed by atoms with Crippen molar-refractivity contribution in [1.29, 1.82) is 0 Å². The van der Waals surface area contributed by atoms with Crippen LogP contribution in [0.2, 0.25) is 0 Å². The van der Waals surface area contributed by atoms with Crippen molar-refractivity contribution in [3.63, 3.8) is 0 Å². The number of rotatable bonds is 8. The number of alkyl halides is 2. The minimum absolute atomic E-state index is 0.0138. The zero-order valence-corrected chi connectivity index (χ0v) is 17.3. The van der Waals surface area contributed by atoms with Crippen molar-refractivity contribution in [2.45, 2.75) is 17.5 Å². The number of carbonyl (C=O) groups excluding carboxylic acids is 1. The second kappa shape index (κ2) is 8.60. The monoisotopic (exact) mass is 448 g/mol. The molecule has 7 nitrogen and oxygen atoms in total. The van der Waals surface area contributed by atoms with Gasteiger partial charge in [-0.05, 0) is 42.5 Å². The van der Waals surface area contributed by atoms with Crippen LogP contribution in [0, 0.1) is 5.82 Å². The number of hydrogen-bond acceptors (Lipinski definition) is 5. The molecule has 1 N–H and O–H groups in total. The molecule has 4 rings (SSSR count). The van der Waals surface area contributed by atoms with E-state index in [1.807, 2.05) is 0 Å². The highest BCUT2D eigenvalue weighted by Crippen LogP contribution is 2.46. The van der Waals surface area contributed by atoms with E-state index in [2.05, 4.69) is 15.4 Å². The Bertz CT molecular complexity index is 1090. The van der Waals surface area contributed by atoms with Crippen molar-refractivity contribution in [2.24, 2.45) is 0 Å². The van der Waals surface area contributed by atoms with Gasteiger partial charge in [0.1, 0.15) is 18.6 Å². The van der Waals surface area contributed by atoms with E-state index in [-0.39, 0.29) is 24.9 Å². The minimum Gasteiger partial charge on any atom is -0.460 e. The van der Waals surface area contributed by atoms with E-state index in [1.165, 1.54) is 16.8 Å². The SMILES string of the molecule is COCCOc1nc(-c2ccc(F)cc2)n(-c2cccc(NC(=O)[C@@]3(Cl)C[C@H]3F)c2)n1. The molecular formula is C21H19ClF2N4O3. The number of hydrogen-bond donors (Lipinski definition) is 1. The lowest BCUT2D eigenvalue weighted by Gasteiger charge is -2.11. The molecule has 1 heterocycles. The smallest absolute Gasteiger partial charge is 0.336 e. The van der Waals surface area contributed by atoms with Gasteiger partial charge in [0, 0.05) is 24.8 Å². The number of ether oxygens (including phenoxy) is 2. The molecule has 0 radical (unpaired) electrons. The molecule has 2 atom stereocenters. The van der Waals surface area contributed by atoms with Gasteiger partial charge in [0.15, 0.2) is 10.7 Å². The van der Waals surface area contributed by atoms with Crippen LogP contribution in [0.5, 0.6) is 6.01 Å². The predicted octanol–water partition coefficient (Wildman–Crippen LogP) is 3.76. The van der Waals surface area contributed by atoms with Gasteiger partial charge in [-0.15, -0.1) is 16.7 Å². The van der Waals surface area contributed by atoms with Crippen LogP contribution in [0.3, 0.4) is 0 Å². The minimum atomic E-state index is -1.51. The summed E-state index contributed by atoms with van der Waals surface area (Å²) < 4.78 is 38.8. The third-order valence-electron chi connectivity index (χ3n) is 4.75. The number of benzene rings is 2. The summed E-state index contributed by atoms with van der Waals surface area (Å²) in [6.07, 6.45) is -1.37. The zero-order valence-electron chi connectivity index (χ0n) is 16.5. The molecule has 3 aromatic rings. The number of amides is 1. The van der Waals surface area contributed by atoms with Crippen molar-refractivity contribution in [3.8, 4) is 23.1 Å². The number of nitrogens with zero attached hydrogens (tertiary/aromatic N) is 3. The Labute approximate surface area is 181 Å². The molecule has 10 heteroatoms. The molecule has 1 aromatic heterocycles. The molecule has 1 aliphatic rings. The quantitative estimate of drug-likeness (QED) is 0.419. The van der Waals surface area contributed by atoms with Gasteiger partial charge in [0.05, 0.1) is 12.3 Å². The number of anilines is 1. The van der Waals surface area contributed by atoms with Crippen molar-refractivity contribution < 1.29 is 23.0 Å². The average Bonchev–Trinajstić information content (AvgIpc) is 3.18. The van der Waals surface area contributed by atoms with Crippen molar-refractivity contribution in [1.82, 2.24) is 14.8 Å². The van der Waals surface area contributed by atoms with Crippen LogP contribution < -0.4 is 10.1 Å². The molecule has 1 fully saturated rings. The molecule has 0 spiro atoms. The van der Waals surface area contributed by atoms with Crippen LogP contribution in [-0.2, 0) is 9.53 Å². The van der Waals surface area contributed by atoms with Crippen LogP contribution >= 0.6 is 11.6 Å². The normalized spacial score (nSPS) is 19.8. The molecule has 162 valence electrons. The van der Waals surface area contributed by atoms with Gasteiger partial charge in [0.25, 0.3) is 0 Å². The maximum Gasteiger partial charge on any atom is 0.336 e. The third kappa shape index (κ3) is 4.52. The molecule has 2 aromatic carbocycles. The first-order valence-electron chi connectivity index (χ1n) is 9.50. The van der Waals surface area contributed by atoms with Gasteiger partial charge in [-0.1, -0.05) is 6.07 Å². The molecular weight excluding hydrogens is 430 g/mol. The van der Waals surface area contributed by atoms with Crippen molar-refractivity contribution in [3.05, 3.63) is 54.3 Å². The van der Waals surface area contributed by atoms with Gasteiger partial charge in [0.2, 0.25) is 5.91 Å². The number of nitrogens with one attached hydrogen (secondary N) is 1. The van der Waals surface area contributed by atoms with Crippen LogP contribution in [0.1, 0.15) is 6.42 Å². The number of methoxy groups -OCH3 is 1. The summed E-state index contributed by atoms with van der Waals surface area (Å²) in [5.41, 5.74) is 1.59. The van der Waals surface area contributed by atoms with E-state index >= 15 is 0 Å². The van der Waals surface area contributed by atoms with Crippen molar-refractivity contribution in [2.75, 3.05) is 25.6 Å². The fourth-order valence-electron chi connectivity index (χ4n) is 2.92. The zero-order chi connectivity index (χ0) is 22.0. The lowest BCUT2D eigenvalue weighted by Crippen LogP contribution is -2.27. The highest BCUT2D eigenvalue weighted by Gasteiger charge is 2.60. The van der Waals surface area contributed by atoms with Gasteiger partial charge in [-0.3, -0.25) is 4.79 Å². The second-order valence-corrected chi connectivity index (χ2v) is 7.69. The van der Waals surface area contributed by atoms with Gasteiger partial charge in [-0.2, -0.15) is 4.98 Å². The predicted molar refractivity (Wildman–Crippen MR) is 111 cm³/mol. The van der Waals surface area contributed by atoms with Crippen LogP contribution in [0.25, 0.3) is 17.1 Å². The fourth-order valence-corrected chi connectivity index (χ4v) is 3.11. The molecule has 31 heavy (non-hydrogen) atoms. The summed E-state index contributed by atoms with van der Waals surface area (Å²) in [7, 11) is 1.55. The summed E-state index contributed by atoms with van der Waals surface area (Å²) in [5, 5.41) is 7.01. The largest absolute Gasteiger partial charge is 0.460 e. The summed E-state index contributed by atoms with van der Waals surface area (Å²) in [5.74, 6) is -0.562. The lowest BCUT2D eigenvalue weighted by atomic mass is 10.2. The lowest BCUT2D eigenvalue weighted by molar-refractivity contribution is -0.116. The van der Waals surface area contributed by atoms with Crippen LogP contribution in [-0.4, -0.2) is 52.0 Å². The van der Waals surface area contributed by atoms with E-state index in [0.717, 1.165) is 0 Å². The molecule has 1 amide bonds. The second-order valence-electron chi connectivity index (χ2n) is 7.02. The van der Waals surface area contributed by atoms with Crippen LogP contribution in [0.4, 0.5) is 14.5 Å². The summed E-state index contributed by atoms with van der Waals surface area (Å²) in [4.78, 5) is 15.1. The summed E-state index contributed by atoms with van der Waals surface area (Å²) in [6.45, 7) is 0.610. The molecule has 1 aliphatic carbocycles.